The molecule has 1 aromatic carbocycles. The van der Waals surface area contributed by atoms with Gasteiger partial charge in [0.15, 0.2) is 9.84 Å². The molecule has 4 fully saturated rings. The number of anilines is 1. The molecule has 45 heavy (non-hydrogen) atoms. The lowest BCUT2D eigenvalue weighted by Crippen LogP contribution is -2.53. The highest BCUT2D eigenvalue weighted by atomic mass is 35.5. The topological polar surface area (TPSA) is 127 Å². The van der Waals surface area contributed by atoms with Crippen molar-refractivity contribution in [2.24, 2.45) is 0 Å². The summed E-state index contributed by atoms with van der Waals surface area (Å²) in [6.45, 7) is 9.78. The number of likely N-dealkylation sites (tertiary alicyclic amines) is 1. The van der Waals surface area contributed by atoms with E-state index in [-0.39, 0.29) is 34.3 Å². The Hall–Kier alpha value is -2.91. The summed E-state index contributed by atoms with van der Waals surface area (Å²) in [5, 5.41) is 11.7. The Morgan fingerprint density at radius 2 is 1.73 bits per heavy atom. The second kappa shape index (κ2) is 11.4. The van der Waals surface area contributed by atoms with E-state index in [2.05, 4.69) is 46.9 Å². The summed E-state index contributed by atoms with van der Waals surface area (Å²) >= 11 is 12.7. The number of rotatable bonds is 7. The predicted molar refractivity (Wildman–Crippen MR) is 172 cm³/mol. The number of carbonyl (C=O) groups excluding carboxylic acids is 2. The molecule has 2 amide bonds. The summed E-state index contributed by atoms with van der Waals surface area (Å²) in [5.41, 5.74) is -0.243. The van der Waals surface area contributed by atoms with Gasteiger partial charge in [-0.15, -0.1) is 0 Å². The molecule has 2 aliphatic heterocycles. The minimum atomic E-state index is -4.03. The molecule has 240 valence electrons. The van der Waals surface area contributed by atoms with Gasteiger partial charge in [0.2, 0.25) is 11.8 Å². The Morgan fingerprint density at radius 3 is 2.27 bits per heavy atom. The van der Waals surface area contributed by atoms with Gasteiger partial charge in [0.1, 0.15) is 16.7 Å². The first-order valence-corrected chi connectivity index (χ1v) is 17.7. The molecule has 2 saturated heterocycles. The van der Waals surface area contributed by atoms with Crippen LogP contribution in [-0.4, -0.2) is 90.1 Å². The number of nitriles is 1. The van der Waals surface area contributed by atoms with E-state index in [0.29, 0.717) is 36.4 Å². The zero-order valence-electron chi connectivity index (χ0n) is 25.7. The van der Waals surface area contributed by atoms with Crippen molar-refractivity contribution in [1.29, 1.82) is 5.26 Å². The van der Waals surface area contributed by atoms with E-state index in [4.69, 9.17) is 23.2 Å². The Balaban J connectivity index is 1.25. The third-order valence-electron chi connectivity index (χ3n) is 9.85. The van der Waals surface area contributed by atoms with Gasteiger partial charge in [-0.25, -0.2) is 13.4 Å². The number of hydrogen-bond acceptors (Lipinski definition) is 8. The van der Waals surface area contributed by atoms with Gasteiger partial charge in [-0.2, -0.15) is 5.26 Å². The van der Waals surface area contributed by atoms with Crippen molar-refractivity contribution in [1.82, 2.24) is 20.1 Å². The van der Waals surface area contributed by atoms with Crippen molar-refractivity contribution in [3.05, 3.63) is 52.3 Å². The van der Waals surface area contributed by atoms with Crippen LogP contribution in [-0.2, 0) is 24.8 Å². The van der Waals surface area contributed by atoms with Crippen molar-refractivity contribution < 1.29 is 18.0 Å². The van der Waals surface area contributed by atoms with Crippen LogP contribution in [0.1, 0.15) is 58.4 Å². The summed E-state index contributed by atoms with van der Waals surface area (Å²) in [4.78, 5) is 37.9. The summed E-state index contributed by atoms with van der Waals surface area (Å²) in [7, 11) is -4.03. The zero-order valence-corrected chi connectivity index (χ0v) is 28.1. The lowest BCUT2D eigenvalue weighted by atomic mass is 9.95. The maximum atomic E-state index is 14.2. The number of carbonyl (C=O) groups is 2. The molecule has 2 aliphatic carbocycles. The van der Waals surface area contributed by atoms with Crippen molar-refractivity contribution in [2.45, 2.75) is 85.6 Å². The van der Waals surface area contributed by atoms with E-state index >= 15 is 0 Å². The molecule has 4 aliphatic rings. The van der Waals surface area contributed by atoms with Crippen molar-refractivity contribution >= 4 is 50.5 Å². The van der Waals surface area contributed by atoms with Gasteiger partial charge in [0.05, 0.1) is 26.7 Å². The van der Waals surface area contributed by atoms with Gasteiger partial charge in [0.25, 0.3) is 0 Å². The fourth-order valence-corrected chi connectivity index (χ4v) is 8.97. The van der Waals surface area contributed by atoms with E-state index in [1.54, 1.807) is 36.5 Å². The van der Waals surface area contributed by atoms with Gasteiger partial charge in [0, 0.05) is 50.1 Å². The van der Waals surface area contributed by atoms with E-state index in [1.165, 1.54) is 4.90 Å². The molecule has 2 saturated carbocycles. The molecule has 2 aromatic rings. The lowest BCUT2D eigenvalue weighted by molar-refractivity contribution is -0.140. The van der Waals surface area contributed by atoms with Crippen LogP contribution in [0.2, 0.25) is 10.2 Å². The molecule has 10 nitrogen and oxygen atoms in total. The number of pyridine rings is 1. The molecule has 13 heteroatoms. The van der Waals surface area contributed by atoms with Gasteiger partial charge in [-0.1, -0.05) is 29.3 Å². The number of nitrogens with one attached hydrogen (secondary N) is 1. The van der Waals surface area contributed by atoms with Crippen LogP contribution in [0, 0.1) is 11.3 Å². The maximum Gasteiger partial charge on any atom is 0.244 e. The van der Waals surface area contributed by atoms with Crippen LogP contribution in [0.4, 0.5) is 5.69 Å². The lowest BCUT2D eigenvalue weighted by Gasteiger charge is -2.43. The van der Waals surface area contributed by atoms with E-state index in [1.807, 2.05) is 0 Å². The Bertz CT molecular complexity index is 1650. The van der Waals surface area contributed by atoms with Crippen molar-refractivity contribution in [3.8, 4) is 6.07 Å². The van der Waals surface area contributed by atoms with Gasteiger partial charge in [-0.05, 0) is 82.7 Å². The Kier molecular flexibility index (Phi) is 8.12. The normalized spacial score (nSPS) is 24.2. The average Bonchev–Trinajstić information content (AvgIpc) is 3.93. The van der Waals surface area contributed by atoms with Crippen LogP contribution in [0.15, 0.2) is 41.4 Å². The van der Waals surface area contributed by atoms with Crippen molar-refractivity contribution in [3.63, 3.8) is 0 Å². The summed E-state index contributed by atoms with van der Waals surface area (Å²) in [6.07, 6.45) is 3.61. The Morgan fingerprint density at radius 1 is 1.04 bits per heavy atom. The molecule has 1 N–H and O–H groups in total. The van der Waals surface area contributed by atoms with Gasteiger partial charge >= 0.3 is 0 Å². The first-order chi connectivity index (χ1) is 21.2. The average molecular weight is 674 g/mol. The number of aromatic nitrogens is 1. The Labute approximate surface area is 274 Å². The van der Waals surface area contributed by atoms with E-state index in [0.717, 1.165) is 31.9 Å². The third kappa shape index (κ3) is 6.02. The van der Waals surface area contributed by atoms with Crippen LogP contribution in [0.5, 0.6) is 0 Å². The second-order valence-corrected chi connectivity index (χ2v) is 16.8. The minimum Gasteiger partial charge on any atom is -0.369 e. The molecule has 0 radical (unpaired) electrons. The fraction of sp³-hybridized carbons (Fsp3) is 0.562. The highest BCUT2D eigenvalue weighted by Gasteiger charge is 2.58. The number of nitrogens with zero attached hydrogens (tertiary/aromatic N) is 5. The largest absolute Gasteiger partial charge is 0.369 e. The molecule has 0 bridgehead atoms. The fourth-order valence-electron chi connectivity index (χ4n) is 6.62. The predicted octanol–water partition coefficient (Wildman–Crippen LogP) is 3.96. The minimum absolute atomic E-state index is 0.0153. The maximum absolute atomic E-state index is 14.2. The molecular formula is C32H38Cl2N6O4S. The number of amides is 2. The number of piperazine rings is 1. The molecule has 6 rings (SSSR count). The SMILES string of the molecule is CC(C)(C)N1CCN(c2ccc(S(=O)(=O)C3C[C@@H](C(=O)NC4(C#N)CC4)N(C(=O)C4(c5ccc(Cl)nc5)CC4)C3)c(Cl)c2)CC1. The number of benzene rings is 1. The highest BCUT2D eigenvalue weighted by Crippen LogP contribution is 2.51. The van der Waals surface area contributed by atoms with Crippen LogP contribution >= 0.6 is 23.2 Å². The molecule has 2 atom stereocenters. The summed E-state index contributed by atoms with van der Waals surface area (Å²) in [5.74, 6) is -0.830. The van der Waals surface area contributed by atoms with Crippen LogP contribution < -0.4 is 10.2 Å². The highest BCUT2D eigenvalue weighted by molar-refractivity contribution is 7.92. The molecular weight excluding hydrogens is 635 g/mol. The third-order valence-corrected chi connectivity index (χ3v) is 12.7. The van der Waals surface area contributed by atoms with Crippen LogP contribution in [0.25, 0.3) is 0 Å². The van der Waals surface area contributed by atoms with Crippen molar-refractivity contribution in [2.75, 3.05) is 37.6 Å². The monoisotopic (exact) mass is 672 g/mol. The smallest absolute Gasteiger partial charge is 0.244 e. The first kappa shape index (κ1) is 32.0. The van der Waals surface area contributed by atoms with Gasteiger partial charge in [-0.3, -0.25) is 14.5 Å². The standard InChI is InChI=1S/C32H38Cl2N6O4S/c1-30(2,3)39-14-12-38(13-15-39)22-5-6-26(24(33)16-22)45(43,44)23-17-25(28(41)37-31(20-35)8-9-31)40(19-23)29(42)32(10-11-32)21-4-7-27(34)36-18-21/h4-7,16,18,23,25H,8-15,17,19H2,1-3H3,(H,37,41)/t23?,25-/m0/s1. The molecule has 1 aromatic heterocycles. The first-order valence-electron chi connectivity index (χ1n) is 15.4. The number of hydrogen-bond donors (Lipinski definition) is 1. The zero-order chi connectivity index (χ0) is 32.4. The molecule has 0 spiro atoms. The summed E-state index contributed by atoms with van der Waals surface area (Å²) < 4.78 is 28.2. The van der Waals surface area contributed by atoms with E-state index < -0.39 is 38.0 Å². The van der Waals surface area contributed by atoms with Gasteiger partial charge < -0.3 is 15.1 Å². The second-order valence-electron chi connectivity index (χ2n) is 13.8. The molecule has 3 heterocycles. The summed E-state index contributed by atoms with van der Waals surface area (Å²) in [6, 6.07) is 9.48. The number of sulfone groups is 1. The van der Waals surface area contributed by atoms with Crippen LogP contribution in [0.3, 0.4) is 0 Å². The molecule has 1 unspecified atom stereocenters. The van der Waals surface area contributed by atoms with E-state index in [9.17, 15) is 23.3 Å². The number of halogens is 2. The quantitative estimate of drug-likeness (QED) is 0.438.